The molecule has 1 aliphatic rings. The summed E-state index contributed by atoms with van der Waals surface area (Å²) < 4.78 is 7.77. The van der Waals surface area contributed by atoms with Gasteiger partial charge in [-0.25, -0.2) is 0 Å². The molecule has 3 aromatic rings. The lowest BCUT2D eigenvalue weighted by atomic mass is 10.1. The SMILES string of the molecule is O=C(C(=O)N1CCCC1)c1cn(CCOc2ccccc2)c2ccccc12. The highest BCUT2D eigenvalue weighted by Crippen LogP contribution is 2.23. The van der Waals surface area contributed by atoms with Crippen molar-refractivity contribution < 1.29 is 14.3 Å². The molecule has 27 heavy (non-hydrogen) atoms. The zero-order valence-electron chi connectivity index (χ0n) is 15.1. The summed E-state index contributed by atoms with van der Waals surface area (Å²) in [5.74, 6) is 0.00115. The first-order chi connectivity index (χ1) is 13.2. The molecule has 5 nitrogen and oxygen atoms in total. The maximum Gasteiger partial charge on any atom is 0.295 e. The maximum atomic E-state index is 12.8. The molecule has 2 aromatic carbocycles. The van der Waals surface area contributed by atoms with Crippen molar-refractivity contribution in [1.82, 2.24) is 9.47 Å². The number of fused-ring (bicyclic) bond motifs is 1. The molecule has 0 unspecified atom stereocenters. The van der Waals surface area contributed by atoms with Crippen molar-refractivity contribution in [3.63, 3.8) is 0 Å². The van der Waals surface area contributed by atoms with Crippen LogP contribution in [0.25, 0.3) is 10.9 Å². The zero-order valence-corrected chi connectivity index (χ0v) is 15.1. The second-order valence-corrected chi connectivity index (χ2v) is 6.74. The van der Waals surface area contributed by atoms with Crippen LogP contribution in [0, 0.1) is 0 Å². The van der Waals surface area contributed by atoms with Gasteiger partial charge in [0.15, 0.2) is 0 Å². The standard InChI is InChI=1S/C22H22N2O3/c25-21(22(26)23-12-6-7-13-23)19-16-24(20-11-5-4-10-18(19)20)14-15-27-17-8-2-1-3-9-17/h1-5,8-11,16H,6-7,12-15H2. The van der Waals surface area contributed by atoms with Crippen molar-refractivity contribution in [2.75, 3.05) is 19.7 Å². The van der Waals surface area contributed by atoms with E-state index in [9.17, 15) is 9.59 Å². The van der Waals surface area contributed by atoms with Gasteiger partial charge in [0.05, 0.1) is 12.1 Å². The molecule has 2 heterocycles. The molecule has 0 spiro atoms. The lowest BCUT2D eigenvalue weighted by Crippen LogP contribution is -2.34. The van der Waals surface area contributed by atoms with Crippen molar-refractivity contribution in [3.05, 3.63) is 66.4 Å². The maximum absolute atomic E-state index is 12.8. The number of benzene rings is 2. The second kappa shape index (κ2) is 7.66. The van der Waals surface area contributed by atoms with Gasteiger partial charge in [0.1, 0.15) is 12.4 Å². The Labute approximate surface area is 158 Å². The van der Waals surface area contributed by atoms with Crippen LogP contribution in [0.15, 0.2) is 60.8 Å². The van der Waals surface area contributed by atoms with Crippen LogP contribution in [0.5, 0.6) is 5.75 Å². The normalized spacial score (nSPS) is 13.9. The van der Waals surface area contributed by atoms with Crippen molar-refractivity contribution >= 4 is 22.6 Å². The first-order valence-electron chi connectivity index (χ1n) is 9.33. The highest BCUT2D eigenvalue weighted by molar-refractivity contribution is 6.44. The van der Waals surface area contributed by atoms with E-state index in [4.69, 9.17) is 4.74 Å². The van der Waals surface area contributed by atoms with Crippen LogP contribution >= 0.6 is 0 Å². The number of carbonyl (C=O) groups excluding carboxylic acids is 2. The molecule has 1 saturated heterocycles. The van der Waals surface area contributed by atoms with E-state index < -0.39 is 11.7 Å². The first-order valence-corrected chi connectivity index (χ1v) is 9.33. The average Bonchev–Trinajstić information content (AvgIpc) is 3.36. The van der Waals surface area contributed by atoms with Crippen molar-refractivity contribution in [2.45, 2.75) is 19.4 Å². The molecule has 0 saturated carbocycles. The predicted molar refractivity (Wildman–Crippen MR) is 104 cm³/mol. The lowest BCUT2D eigenvalue weighted by Gasteiger charge is -2.13. The van der Waals surface area contributed by atoms with E-state index in [-0.39, 0.29) is 0 Å². The van der Waals surface area contributed by atoms with Crippen LogP contribution in [-0.2, 0) is 11.3 Å². The molecular formula is C22H22N2O3. The molecule has 5 heteroatoms. The number of likely N-dealkylation sites (tertiary alicyclic amines) is 1. The van der Waals surface area contributed by atoms with Crippen LogP contribution in [-0.4, -0.2) is 40.9 Å². The van der Waals surface area contributed by atoms with Gasteiger partial charge in [0, 0.05) is 30.2 Å². The molecule has 4 rings (SSSR count). The van der Waals surface area contributed by atoms with Gasteiger partial charge >= 0.3 is 0 Å². The molecule has 0 N–H and O–H groups in total. The van der Waals surface area contributed by atoms with E-state index in [1.165, 1.54) is 0 Å². The fourth-order valence-electron chi connectivity index (χ4n) is 3.57. The van der Waals surface area contributed by atoms with Gasteiger partial charge in [-0.05, 0) is 31.0 Å². The predicted octanol–water partition coefficient (Wildman–Crippen LogP) is 3.53. The van der Waals surface area contributed by atoms with Crippen LogP contribution in [0.3, 0.4) is 0 Å². The van der Waals surface area contributed by atoms with E-state index in [1.54, 1.807) is 11.1 Å². The van der Waals surface area contributed by atoms with Gasteiger partial charge in [0.25, 0.3) is 11.7 Å². The van der Waals surface area contributed by atoms with E-state index in [1.807, 2.05) is 59.2 Å². The Morgan fingerprint density at radius 3 is 2.41 bits per heavy atom. The fraction of sp³-hybridized carbons (Fsp3) is 0.273. The van der Waals surface area contributed by atoms with Crippen LogP contribution in [0.1, 0.15) is 23.2 Å². The number of Topliss-reactive ketones (excluding diaryl/α,β-unsaturated/α-hetero) is 1. The van der Waals surface area contributed by atoms with Crippen molar-refractivity contribution in [3.8, 4) is 5.75 Å². The third-order valence-electron chi connectivity index (χ3n) is 4.96. The number of ether oxygens (including phenoxy) is 1. The summed E-state index contributed by atoms with van der Waals surface area (Å²) in [6.45, 7) is 2.43. The zero-order chi connectivity index (χ0) is 18.6. The number of amides is 1. The summed E-state index contributed by atoms with van der Waals surface area (Å²) in [5, 5.41) is 0.815. The van der Waals surface area contributed by atoms with E-state index in [0.717, 1.165) is 29.5 Å². The fourth-order valence-corrected chi connectivity index (χ4v) is 3.57. The molecule has 138 valence electrons. The van der Waals surface area contributed by atoms with Gasteiger partial charge in [-0.2, -0.15) is 0 Å². The number of aromatic nitrogens is 1. The number of para-hydroxylation sites is 2. The number of hydrogen-bond donors (Lipinski definition) is 0. The second-order valence-electron chi connectivity index (χ2n) is 6.74. The van der Waals surface area contributed by atoms with Gasteiger partial charge in [-0.1, -0.05) is 36.4 Å². The van der Waals surface area contributed by atoms with E-state index in [2.05, 4.69) is 0 Å². The van der Waals surface area contributed by atoms with E-state index in [0.29, 0.717) is 31.8 Å². The molecule has 1 aromatic heterocycles. The van der Waals surface area contributed by atoms with Gasteiger partial charge < -0.3 is 14.2 Å². The smallest absolute Gasteiger partial charge is 0.295 e. The molecule has 0 radical (unpaired) electrons. The Morgan fingerprint density at radius 2 is 1.63 bits per heavy atom. The summed E-state index contributed by atoms with van der Waals surface area (Å²) in [6.07, 6.45) is 3.73. The molecule has 0 aliphatic carbocycles. The quantitative estimate of drug-likeness (QED) is 0.498. The third-order valence-corrected chi connectivity index (χ3v) is 4.96. The van der Waals surface area contributed by atoms with Crippen LogP contribution in [0.2, 0.25) is 0 Å². The minimum atomic E-state index is -0.421. The molecule has 0 bridgehead atoms. The van der Waals surface area contributed by atoms with E-state index >= 15 is 0 Å². The Morgan fingerprint density at radius 1 is 0.926 bits per heavy atom. The molecule has 0 atom stereocenters. The summed E-state index contributed by atoms with van der Waals surface area (Å²) in [7, 11) is 0. The topological polar surface area (TPSA) is 51.5 Å². The minimum absolute atomic E-state index is 0.393. The summed E-state index contributed by atoms with van der Waals surface area (Å²) in [5.41, 5.74) is 1.41. The highest BCUT2D eigenvalue weighted by Gasteiger charge is 2.27. The highest BCUT2D eigenvalue weighted by atomic mass is 16.5. The average molecular weight is 362 g/mol. The van der Waals surface area contributed by atoms with Crippen LogP contribution < -0.4 is 4.74 Å². The number of rotatable bonds is 6. The number of ketones is 1. The van der Waals surface area contributed by atoms with Crippen molar-refractivity contribution in [2.24, 2.45) is 0 Å². The monoisotopic (exact) mass is 362 g/mol. The summed E-state index contributed by atoms with van der Waals surface area (Å²) in [6, 6.07) is 17.3. The summed E-state index contributed by atoms with van der Waals surface area (Å²) >= 11 is 0. The Hall–Kier alpha value is -3.08. The lowest BCUT2D eigenvalue weighted by molar-refractivity contribution is -0.125. The molecule has 1 fully saturated rings. The Bertz CT molecular complexity index is 956. The number of nitrogens with zero attached hydrogens (tertiary/aromatic N) is 2. The number of hydrogen-bond acceptors (Lipinski definition) is 3. The molecular weight excluding hydrogens is 340 g/mol. The van der Waals surface area contributed by atoms with Gasteiger partial charge in [-0.15, -0.1) is 0 Å². The van der Waals surface area contributed by atoms with Crippen LogP contribution in [0.4, 0.5) is 0 Å². The third kappa shape index (κ3) is 3.58. The van der Waals surface area contributed by atoms with Gasteiger partial charge in [-0.3, -0.25) is 9.59 Å². The summed E-state index contributed by atoms with van der Waals surface area (Å²) in [4.78, 5) is 27.0. The van der Waals surface area contributed by atoms with Crippen molar-refractivity contribution in [1.29, 1.82) is 0 Å². The molecule has 1 amide bonds. The Kier molecular flexibility index (Phi) is 4.92. The first kappa shape index (κ1) is 17.3. The Balaban J connectivity index is 1.55. The number of carbonyl (C=O) groups is 2. The molecule has 1 aliphatic heterocycles. The van der Waals surface area contributed by atoms with Gasteiger partial charge in [0.2, 0.25) is 0 Å². The minimum Gasteiger partial charge on any atom is -0.492 e. The largest absolute Gasteiger partial charge is 0.492 e.